The maximum atomic E-state index is 5.06. The molecule has 0 radical (unpaired) electrons. The summed E-state index contributed by atoms with van der Waals surface area (Å²) in [6.07, 6.45) is 1.34. The Balaban J connectivity index is 1.82. The van der Waals surface area contributed by atoms with Crippen LogP contribution in [0.5, 0.6) is 0 Å². The number of rotatable bonds is 7. The third-order valence-corrected chi connectivity index (χ3v) is 4.09. The largest absolute Gasteiger partial charge is 0.383 e. The molecule has 2 nitrogen and oxygen atoms in total. The van der Waals surface area contributed by atoms with E-state index < -0.39 is 0 Å². The van der Waals surface area contributed by atoms with Crippen LogP contribution in [0, 0.1) is 11.3 Å². The SMILES string of the molecule is COCCNCC(C)(C)C1CC1c1ccccc1. The summed E-state index contributed by atoms with van der Waals surface area (Å²) >= 11 is 0. The Labute approximate surface area is 111 Å². The van der Waals surface area contributed by atoms with Crippen LogP contribution in [0.15, 0.2) is 30.3 Å². The molecule has 0 heterocycles. The molecule has 2 rings (SSSR count). The fourth-order valence-electron chi connectivity index (χ4n) is 2.84. The van der Waals surface area contributed by atoms with Gasteiger partial charge in [0.2, 0.25) is 0 Å². The second-order valence-corrected chi connectivity index (χ2v) is 6.02. The standard InChI is InChI=1S/C16H25NO/c1-16(2,12-17-9-10-18-3)15-11-14(15)13-7-5-4-6-8-13/h4-8,14-15,17H,9-12H2,1-3H3. The summed E-state index contributed by atoms with van der Waals surface area (Å²) < 4.78 is 5.06. The van der Waals surface area contributed by atoms with E-state index in [1.54, 1.807) is 7.11 Å². The van der Waals surface area contributed by atoms with E-state index in [9.17, 15) is 0 Å². The molecule has 2 heteroatoms. The van der Waals surface area contributed by atoms with Gasteiger partial charge in [0.1, 0.15) is 0 Å². The molecule has 1 saturated carbocycles. The van der Waals surface area contributed by atoms with Crippen molar-refractivity contribution >= 4 is 0 Å². The Hall–Kier alpha value is -0.860. The monoisotopic (exact) mass is 247 g/mol. The lowest BCUT2D eigenvalue weighted by atomic mass is 9.85. The molecule has 0 bridgehead atoms. The number of hydrogen-bond donors (Lipinski definition) is 1. The summed E-state index contributed by atoms with van der Waals surface area (Å²) in [6, 6.07) is 10.9. The lowest BCUT2D eigenvalue weighted by molar-refractivity contribution is 0.190. The van der Waals surface area contributed by atoms with Gasteiger partial charge in [0.25, 0.3) is 0 Å². The minimum Gasteiger partial charge on any atom is -0.383 e. The van der Waals surface area contributed by atoms with Gasteiger partial charge in [0.05, 0.1) is 6.61 Å². The zero-order chi connectivity index (χ0) is 13.0. The highest BCUT2D eigenvalue weighted by Gasteiger charge is 2.47. The first-order valence-electron chi connectivity index (χ1n) is 6.90. The Morgan fingerprint density at radius 2 is 2.00 bits per heavy atom. The van der Waals surface area contributed by atoms with E-state index in [1.165, 1.54) is 12.0 Å². The van der Waals surface area contributed by atoms with Gasteiger partial charge in [-0.2, -0.15) is 0 Å². The lowest BCUT2D eigenvalue weighted by Crippen LogP contribution is -2.33. The molecule has 100 valence electrons. The smallest absolute Gasteiger partial charge is 0.0587 e. The molecule has 0 spiro atoms. The van der Waals surface area contributed by atoms with Crippen LogP contribution < -0.4 is 5.32 Å². The fraction of sp³-hybridized carbons (Fsp3) is 0.625. The van der Waals surface area contributed by atoms with E-state index in [2.05, 4.69) is 49.5 Å². The van der Waals surface area contributed by atoms with Gasteiger partial charge in [0.15, 0.2) is 0 Å². The van der Waals surface area contributed by atoms with Crippen LogP contribution in [0.4, 0.5) is 0 Å². The van der Waals surface area contributed by atoms with Crippen molar-refractivity contribution in [1.29, 1.82) is 0 Å². The summed E-state index contributed by atoms with van der Waals surface area (Å²) in [6.45, 7) is 7.57. The van der Waals surface area contributed by atoms with Gasteiger partial charge in [-0.1, -0.05) is 44.2 Å². The first kappa shape index (κ1) is 13.6. The Bertz CT molecular complexity index is 361. The van der Waals surface area contributed by atoms with Crippen molar-refractivity contribution in [3.63, 3.8) is 0 Å². The van der Waals surface area contributed by atoms with Crippen molar-refractivity contribution in [3.05, 3.63) is 35.9 Å². The third-order valence-electron chi connectivity index (χ3n) is 4.09. The quantitative estimate of drug-likeness (QED) is 0.748. The van der Waals surface area contributed by atoms with Crippen LogP contribution in [0.3, 0.4) is 0 Å². The third kappa shape index (κ3) is 3.33. The van der Waals surface area contributed by atoms with Crippen molar-refractivity contribution in [3.8, 4) is 0 Å². The minimum atomic E-state index is 0.369. The van der Waals surface area contributed by atoms with E-state index in [0.717, 1.165) is 31.5 Å². The summed E-state index contributed by atoms with van der Waals surface area (Å²) in [5, 5.41) is 3.49. The maximum Gasteiger partial charge on any atom is 0.0587 e. The van der Waals surface area contributed by atoms with Gasteiger partial charge in [-0.05, 0) is 29.2 Å². The lowest BCUT2D eigenvalue weighted by Gasteiger charge is -2.25. The number of hydrogen-bond acceptors (Lipinski definition) is 2. The predicted octanol–water partition coefficient (Wildman–Crippen LogP) is 3.05. The van der Waals surface area contributed by atoms with E-state index in [-0.39, 0.29) is 0 Å². The molecule has 2 atom stereocenters. The molecule has 1 N–H and O–H groups in total. The van der Waals surface area contributed by atoms with E-state index in [0.29, 0.717) is 5.41 Å². The molecule has 0 saturated heterocycles. The Kier molecular flexibility index (Phi) is 4.41. The molecule has 2 unspecified atom stereocenters. The average molecular weight is 247 g/mol. The van der Waals surface area contributed by atoms with Crippen LogP contribution in [0.1, 0.15) is 31.7 Å². The highest BCUT2D eigenvalue weighted by atomic mass is 16.5. The van der Waals surface area contributed by atoms with Gasteiger partial charge in [-0.25, -0.2) is 0 Å². The molecule has 1 fully saturated rings. The second-order valence-electron chi connectivity index (χ2n) is 6.02. The normalized spacial score (nSPS) is 23.1. The van der Waals surface area contributed by atoms with E-state index >= 15 is 0 Å². The summed E-state index contributed by atoms with van der Waals surface area (Å²) in [5.41, 5.74) is 1.88. The van der Waals surface area contributed by atoms with Crippen molar-refractivity contribution < 1.29 is 4.74 Å². The van der Waals surface area contributed by atoms with Gasteiger partial charge < -0.3 is 10.1 Å². The Morgan fingerprint density at radius 3 is 2.67 bits per heavy atom. The first-order valence-corrected chi connectivity index (χ1v) is 6.90. The van der Waals surface area contributed by atoms with Crippen molar-refractivity contribution in [1.82, 2.24) is 5.32 Å². The van der Waals surface area contributed by atoms with E-state index in [1.807, 2.05) is 0 Å². The van der Waals surface area contributed by atoms with Crippen molar-refractivity contribution in [2.45, 2.75) is 26.2 Å². The zero-order valence-corrected chi connectivity index (χ0v) is 11.8. The average Bonchev–Trinajstić information content (AvgIpc) is 3.17. The molecular formula is C16H25NO. The number of nitrogens with one attached hydrogen (secondary N) is 1. The Morgan fingerprint density at radius 1 is 1.28 bits per heavy atom. The molecule has 1 aromatic rings. The topological polar surface area (TPSA) is 21.3 Å². The van der Waals surface area contributed by atoms with Crippen LogP contribution in [-0.4, -0.2) is 26.8 Å². The maximum absolute atomic E-state index is 5.06. The van der Waals surface area contributed by atoms with Gasteiger partial charge >= 0.3 is 0 Å². The van der Waals surface area contributed by atoms with Gasteiger partial charge in [-0.3, -0.25) is 0 Å². The molecule has 1 aliphatic rings. The highest BCUT2D eigenvalue weighted by Crippen LogP contribution is 2.56. The summed E-state index contributed by atoms with van der Waals surface area (Å²) in [5.74, 6) is 1.58. The first-order chi connectivity index (χ1) is 8.65. The van der Waals surface area contributed by atoms with Crippen LogP contribution >= 0.6 is 0 Å². The van der Waals surface area contributed by atoms with Crippen molar-refractivity contribution in [2.75, 3.05) is 26.8 Å². The minimum absolute atomic E-state index is 0.369. The number of ether oxygens (including phenoxy) is 1. The predicted molar refractivity (Wildman–Crippen MR) is 75.8 cm³/mol. The summed E-state index contributed by atoms with van der Waals surface area (Å²) in [4.78, 5) is 0. The molecule has 1 aliphatic carbocycles. The van der Waals surface area contributed by atoms with Gasteiger partial charge in [0, 0.05) is 20.2 Å². The zero-order valence-electron chi connectivity index (χ0n) is 11.8. The van der Waals surface area contributed by atoms with Crippen LogP contribution in [-0.2, 0) is 4.74 Å². The molecule has 0 aromatic heterocycles. The number of benzene rings is 1. The molecule has 0 aliphatic heterocycles. The van der Waals surface area contributed by atoms with Crippen molar-refractivity contribution in [2.24, 2.45) is 11.3 Å². The second kappa shape index (κ2) is 5.85. The molecule has 18 heavy (non-hydrogen) atoms. The van der Waals surface area contributed by atoms with Crippen LogP contribution in [0.25, 0.3) is 0 Å². The highest BCUT2D eigenvalue weighted by molar-refractivity contribution is 5.26. The number of methoxy groups -OCH3 is 1. The molecule has 0 amide bonds. The molecule has 1 aromatic carbocycles. The summed E-state index contributed by atoms with van der Waals surface area (Å²) in [7, 11) is 1.75. The van der Waals surface area contributed by atoms with Gasteiger partial charge in [-0.15, -0.1) is 0 Å². The van der Waals surface area contributed by atoms with E-state index in [4.69, 9.17) is 4.74 Å². The fourth-order valence-corrected chi connectivity index (χ4v) is 2.84. The molecular weight excluding hydrogens is 222 g/mol. The van der Waals surface area contributed by atoms with Crippen LogP contribution in [0.2, 0.25) is 0 Å².